The molecule has 0 aliphatic rings. The number of hydrogen-bond acceptors (Lipinski definition) is 5. The molecule has 0 unspecified atom stereocenters. The third kappa shape index (κ3) is 6.54. The van der Waals surface area contributed by atoms with Gasteiger partial charge >= 0.3 is 0 Å². The Labute approximate surface area is 126 Å². The molecule has 120 valence electrons. The zero-order valence-electron chi connectivity index (χ0n) is 12.9. The zero-order chi connectivity index (χ0) is 15.7. The lowest BCUT2D eigenvalue weighted by Gasteiger charge is -2.26. The first-order chi connectivity index (χ1) is 10.1. The highest BCUT2D eigenvalue weighted by molar-refractivity contribution is 5.13. The van der Waals surface area contributed by atoms with Gasteiger partial charge in [0.25, 0.3) is 0 Å². The smallest absolute Gasteiger partial charge is 0.159 e. The molecule has 2 N–H and O–H groups in total. The maximum absolute atomic E-state index is 10.1. The summed E-state index contributed by atoms with van der Waals surface area (Å²) in [5.74, 6) is -0.325. The van der Waals surface area contributed by atoms with Gasteiger partial charge in [0.1, 0.15) is 0 Å². The Balaban J connectivity index is 2.31. The van der Waals surface area contributed by atoms with Crippen molar-refractivity contribution in [2.45, 2.75) is 38.4 Å². The maximum atomic E-state index is 10.1. The van der Waals surface area contributed by atoms with Gasteiger partial charge in [-0.1, -0.05) is 37.3 Å². The van der Waals surface area contributed by atoms with Crippen LogP contribution in [0.2, 0.25) is 0 Å². The van der Waals surface area contributed by atoms with Crippen molar-refractivity contribution in [3.63, 3.8) is 0 Å². The zero-order valence-corrected chi connectivity index (χ0v) is 12.9. The lowest BCUT2D eigenvalue weighted by Crippen LogP contribution is -2.35. The molecule has 0 saturated carbocycles. The molecule has 0 aliphatic heterocycles. The van der Waals surface area contributed by atoms with E-state index in [2.05, 4.69) is 0 Å². The molecule has 3 atom stereocenters. The van der Waals surface area contributed by atoms with Crippen molar-refractivity contribution in [2.24, 2.45) is 5.92 Å². The molecule has 5 heteroatoms. The molecule has 0 heterocycles. The Kier molecular flexibility index (Phi) is 8.49. The Morgan fingerprint density at radius 3 is 2.19 bits per heavy atom. The average molecular weight is 298 g/mol. The minimum Gasteiger partial charge on any atom is -0.393 e. The van der Waals surface area contributed by atoms with Gasteiger partial charge in [-0.05, 0) is 5.56 Å². The molecule has 1 aromatic carbocycles. The van der Waals surface area contributed by atoms with Crippen LogP contribution in [0.1, 0.15) is 18.9 Å². The van der Waals surface area contributed by atoms with E-state index in [-0.39, 0.29) is 12.5 Å². The van der Waals surface area contributed by atoms with Crippen molar-refractivity contribution < 1.29 is 24.4 Å². The number of hydrogen-bond donors (Lipinski definition) is 2. The molecule has 0 bridgehead atoms. The van der Waals surface area contributed by atoms with Gasteiger partial charge in [-0.3, -0.25) is 0 Å². The molecule has 0 radical (unpaired) electrons. The largest absolute Gasteiger partial charge is 0.393 e. The van der Waals surface area contributed by atoms with Crippen molar-refractivity contribution in [3.05, 3.63) is 35.9 Å². The van der Waals surface area contributed by atoms with Gasteiger partial charge in [0.05, 0.1) is 25.4 Å². The number of methoxy groups -OCH3 is 2. The van der Waals surface area contributed by atoms with Gasteiger partial charge in [-0.25, -0.2) is 0 Å². The fraction of sp³-hybridized carbons (Fsp3) is 0.625. The quantitative estimate of drug-likeness (QED) is 0.642. The van der Waals surface area contributed by atoms with E-state index in [1.165, 1.54) is 14.2 Å². The van der Waals surface area contributed by atoms with Gasteiger partial charge in [0, 0.05) is 26.6 Å². The van der Waals surface area contributed by atoms with Gasteiger partial charge < -0.3 is 24.4 Å². The first kappa shape index (κ1) is 18.1. The van der Waals surface area contributed by atoms with E-state index in [4.69, 9.17) is 14.2 Å². The Bertz CT molecular complexity index is 366. The monoisotopic (exact) mass is 298 g/mol. The SMILES string of the molecule is COC(C[C@H](O)[C@@H](C)[C@H](O)COCc1ccccc1)OC. The van der Waals surface area contributed by atoms with Gasteiger partial charge in [-0.15, -0.1) is 0 Å². The fourth-order valence-electron chi connectivity index (χ4n) is 1.98. The Morgan fingerprint density at radius 1 is 1.00 bits per heavy atom. The van der Waals surface area contributed by atoms with Crippen LogP contribution in [0.25, 0.3) is 0 Å². The fourth-order valence-corrected chi connectivity index (χ4v) is 1.98. The summed E-state index contributed by atoms with van der Waals surface area (Å²) in [6.07, 6.45) is -1.62. The van der Waals surface area contributed by atoms with Crippen LogP contribution < -0.4 is 0 Å². The highest BCUT2D eigenvalue weighted by Gasteiger charge is 2.25. The second-order valence-corrected chi connectivity index (χ2v) is 5.13. The van der Waals surface area contributed by atoms with E-state index in [1.54, 1.807) is 6.92 Å². The molecular formula is C16H26O5. The molecule has 21 heavy (non-hydrogen) atoms. The first-order valence-electron chi connectivity index (χ1n) is 7.11. The van der Waals surface area contributed by atoms with Crippen molar-refractivity contribution in [1.29, 1.82) is 0 Å². The van der Waals surface area contributed by atoms with Crippen LogP contribution in [-0.4, -0.2) is 49.5 Å². The third-order valence-electron chi connectivity index (χ3n) is 3.57. The van der Waals surface area contributed by atoms with Crippen molar-refractivity contribution in [3.8, 4) is 0 Å². The second kappa shape index (κ2) is 9.87. The molecule has 0 aromatic heterocycles. The molecule has 1 rings (SSSR count). The lowest BCUT2D eigenvalue weighted by atomic mass is 9.96. The highest BCUT2D eigenvalue weighted by atomic mass is 16.7. The summed E-state index contributed by atoms with van der Waals surface area (Å²) in [6.45, 7) is 2.40. The summed E-state index contributed by atoms with van der Waals surface area (Å²) in [7, 11) is 3.04. The molecule has 0 amide bonds. The molecule has 1 aromatic rings. The van der Waals surface area contributed by atoms with Crippen molar-refractivity contribution >= 4 is 0 Å². The summed E-state index contributed by atoms with van der Waals surface area (Å²) >= 11 is 0. The molecule has 5 nitrogen and oxygen atoms in total. The van der Waals surface area contributed by atoms with E-state index in [1.807, 2.05) is 30.3 Å². The maximum Gasteiger partial charge on any atom is 0.159 e. The Hall–Kier alpha value is -0.980. The van der Waals surface area contributed by atoms with Crippen molar-refractivity contribution in [1.82, 2.24) is 0 Å². The van der Waals surface area contributed by atoms with Gasteiger partial charge in [0.15, 0.2) is 6.29 Å². The summed E-state index contributed by atoms with van der Waals surface area (Å²) in [5, 5.41) is 20.1. The van der Waals surface area contributed by atoms with E-state index in [0.717, 1.165) is 5.56 Å². The molecule has 0 fully saturated rings. The van der Waals surface area contributed by atoms with Crippen LogP contribution in [-0.2, 0) is 20.8 Å². The number of aliphatic hydroxyl groups is 2. The number of aliphatic hydroxyl groups excluding tert-OH is 2. The van der Waals surface area contributed by atoms with Crippen LogP contribution in [0, 0.1) is 5.92 Å². The first-order valence-corrected chi connectivity index (χ1v) is 7.11. The van der Waals surface area contributed by atoms with E-state index >= 15 is 0 Å². The van der Waals surface area contributed by atoms with E-state index < -0.39 is 18.5 Å². The number of ether oxygens (including phenoxy) is 3. The van der Waals surface area contributed by atoms with Crippen molar-refractivity contribution in [2.75, 3.05) is 20.8 Å². The van der Waals surface area contributed by atoms with Crippen LogP contribution in [0.3, 0.4) is 0 Å². The predicted octanol–water partition coefficient (Wildman–Crippen LogP) is 1.57. The minimum absolute atomic E-state index is 0.178. The van der Waals surface area contributed by atoms with Gasteiger partial charge in [0.2, 0.25) is 0 Å². The highest BCUT2D eigenvalue weighted by Crippen LogP contribution is 2.16. The average Bonchev–Trinajstić information content (AvgIpc) is 2.52. The summed E-state index contributed by atoms with van der Waals surface area (Å²) in [5.41, 5.74) is 1.05. The van der Waals surface area contributed by atoms with Gasteiger partial charge in [-0.2, -0.15) is 0 Å². The normalized spacial score (nSPS) is 15.9. The van der Waals surface area contributed by atoms with Crippen LogP contribution in [0.4, 0.5) is 0 Å². The standard InChI is InChI=1S/C16H26O5/c1-12(14(17)9-16(19-2)20-3)15(18)11-21-10-13-7-5-4-6-8-13/h4-8,12,14-18H,9-11H2,1-3H3/t12-,14+,15-/m1/s1. The second-order valence-electron chi connectivity index (χ2n) is 5.13. The summed E-state index contributed by atoms with van der Waals surface area (Å²) in [4.78, 5) is 0. The number of rotatable bonds is 10. The molecule has 0 aliphatic carbocycles. The van der Waals surface area contributed by atoms with E-state index in [9.17, 15) is 10.2 Å². The topological polar surface area (TPSA) is 68.2 Å². The third-order valence-corrected chi connectivity index (χ3v) is 3.57. The lowest BCUT2D eigenvalue weighted by molar-refractivity contribution is -0.135. The Morgan fingerprint density at radius 2 is 1.62 bits per heavy atom. The number of benzene rings is 1. The van der Waals surface area contributed by atoms with Crippen LogP contribution >= 0.6 is 0 Å². The predicted molar refractivity (Wildman–Crippen MR) is 79.7 cm³/mol. The summed E-state index contributed by atoms with van der Waals surface area (Å²) in [6, 6.07) is 9.76. The molecule has 0 spiro atoms. The molecular weight excluding hydrogens is 272 g/mol. The summed E-state index contributed by atoms with van der Waals surface area (Å²) < 4.78 is 15.6. The minimum atomic E-state index is -0.738. The molecule has 0 saturated heterocycles. The van der Waals surface area contributed by atoms with Crippen LogP contribution in [0.15, 0.2) is 30.3 Å². The van der Waals surface area contributed by atoms with Crippen LogP contribution in [0.5, 0.6) is 0 Å². The van der Waals surface area contributed by atoms with E-state index in [0.29, 0.717) is 13.0 Å².